The van der Waals surface area contributed by atoms with E-state index in [4.69, 9.17) is 5.73 Å². The summed E-state index contributed by atoms with van der Waals surface area (Å²) < 4.78 is 15.0. The lowest BCUT2D eigenvalue weighted by molar-refractivity contribution is -0.126. The molecule has 1 aliphatic heterocycles. The number of carbonyl (C=O) groups is 1. The van der Waals surface area contributed by atoms with Crippen molar-refractivity contribution in [3.8, 4) is 5.69 Å². The molecule has 1 aliphatic rings. The Morgan fingerprint density at radius 1 is 1.48 bits per heavy atom. The van der Waals surface area contributed by atoms with Crippen LogP contribution >= 0.6 is 0 Å². The summed E-state index contributed by atoms with van der Waals surface area (Å²) in [6, 6.07) is 6.14. The number of amides is 1. The minimum absolute atomic E-state index is 0.0128. The van der Waals surface area contributed by atoms with Gasteiger partial charge in [0.2, 0.25) is 5.91 Å². The quantitative estimate of drug-likeness (QED) is 0.860. The Morgan fingerprint density at radius 2 is 2.28 bits per heavy atom. The van der Waals surface area contributed by atoms with Gasteiger partial charge in [0.15, 0.2) is 0 Å². The molecule has 0 saturated carbocycles. The Labute approximate surface area is 146 Å². The van der Waals surface area contributed by atoms with E-state index < -0.39 is 0 Å². The summed E-state index contributed by atoms with van der Waals surface area (Å²) in [6.45, 7) is 5.14. The molecule has 0 radical (unpaired) electrons. The minimum Gasteiger partial charge on any atom is -0.353 e. The zero-order valence-corrected chi connectivity index (χ0v) is 14.5. The first-order chi connectivity index (χ1) is 11.9. The lowest BCUT2D eigenvalue weighted by Crippen LogP contribution is -2.45. The lowest BCUT2D eigenvalue weighted by atomic mass is 10.1. The fourth-order valence-electron chi connectivity index (χ4n) is 3.20. The summed E-state index contributed by atoms with van der Waals surface area (Å²) in [5.41, 5.74) is 7.69. The van der Waals surface area contributed by atoms with Crippen LogP contribution in [0.5, 0.6) is 0 Å². The van der Waals surface area contributed by atoms with Crippen LogP contribution in [0.4, 0.5) is 4.39 Å². The van der Waals surface area contributed by atoms with E-state index in [0.29, 0.717) is 25.2 Å². The van der Waals surface area contributed by atoms with Gasteiger partial charge < -0.3 is 11.1 Å². The van der Waals surface area contributed by atoms with Crippen LogP contribution in [0.1, 0.15) is 25.8 Å². The van der Waals surface area contributed by atoms with E-state index in [-0.39, 0.29) is 29.8 Å². The number of hydrogen-bond donors (Lipinski definition) is 2. The topological polar surface area (TPSA) is 76.2 Å². The summed E-state index contributed by atoms with van der Waals surface area (Å²) in [7, 11) is 0. The standard InChI is InChI=1S/C18H24FN5O/c1-12(2)22-18(25)17-7-15(20)11-23(17)9-13-8-21-24(10-13)16-5-3-4-14(19)6-16/h3-6,8,10,12,15,17H,7,9,11,20H2,1-2H3,(H,22,25). The van der Waals surface area contributed by atoms with Crippen molar-refractivity contribution in [1.29, 1.82) is 0 Å². The fraction of sp³-hybridized carbons (Fsp3) is 0.444. The Morgan fingerprint density at radius 3 is 3.00 bits per heavy atom. The van der Waals surface area contributed by atoms with Gasteiger partial charge in [0.1, 0.15) is 5.82 Å². The average Bonchev–Trinajstić information content (AvgIpc) is 3.14. The van der Waals surface area contributed by atoms with Crippen molar-refractivity contribution in [1.82, 2.24) is 20.0 Å². The highest BCUT2D eigenvalue weighted by atomic mass is 19.1. The molecule has 2 atom stereocenters. The first-order valence-electron chi connectivity index (χ1n) is 8.52. The van der Waals surface area contributed by atoms with Crippen molar-refractivity contribution >= 4 is 5.91 Å². The Bertz CT molecular complexity index is 745. The first-order valence-corrected chi connectivity index (χ1v) is 8.52. The molecule has 1 fully saturated rings. The van der Waals surface area contributed by atoms with Crippen molar-refractivity contribution < 1.29 is 9.18 Å². The highest BCUT2D eigenvalue weighted by molar-refractivity contribution is 5.82. The molecular weight excluding hydrogens is 321 g/mol. The molecule has 3 N–H and O–H groups in total. The molecule has 1 aromatic heterocycles. The molecule has 0 bridgehead atoms. The molecule has 1 aromatic carbocycles. The van der Waals surface area contributed by atoms with Gasteiger partial charge in [-0.25, -0.2) is 9.07 Å². The molecule has 2 aromatic rings. The molecule has 0 spiro atoms. The summed E-state index contributed by atoms with van der Waals surface area (Å²) in [5.74, 6) is -0.286. The van der Waals surface area contributed by atoms with E-state index in [2.05, 4.69) is 15.3 Å². The van der Waals surface area contributed by atoms with Crippen LogP contribution in [-0.2, 0) is 11.3 Å². The van der Waals surface area contributed by atoms with Crippen molar-refractivity contribution in [2.45, 2.75) is 44.9 Å². The fourth-order valence-corrected chi connectivity index (χ4v) is 3.20. The zero-order valence-electron chi connectivity index (χ0n) is 14.5. The second-order valence-corrected chi connectivity index (χ2v) is 6.88. The van der Waals surface area contributed by atoms with E-state index >= 15 is 0 Å². The van der Waals surface area contributed by atoms with Crippen LogP contribution in [0.3, 0.4) is 0 Å². The molecular formula is C18H24FN5O. The molecule has 6 nitrogen and oxygen atoms in total. The van der Waals surface area contributed by atoms with Crippen LogP contribution in [-0.4, -0.2) is 45.3 Å². The maximum atomic E-state index is 13.4. The van der Waals surface area contributed by atoms with E-state index in [0.717, 1.165) is 5.56 Å². The Balaban J connectivity index is 1.72. The average molecular weight is 345 g/mol. The first kappa shape index (κ1) is 17.6. The van der Waals surface area contributed by atoms with Gasteiger partial charge in [-0.3, -0.25) is 9.69 Å². The van der Waals surface area contributed by atoms with Gasteiger partial charge in [-0.15, -0.1) is 0 Å². The molecule has 3 rings (SSSR count). The second-order valence-electron chi connectivity index (χ2n) is 6.88. The number of nitrogens with one attached hydrogen (secondary N) is 1. The molecule has 0 aliphatic carbocycles. The van der Waals surface area contributed by atoms with Crippen molar-refractivity contribution in [2.24, 2.45) is 5.73 Å². The SMILES string of the molecule is CC(C)NC(=O)C1CC(N)CN1Cc1cnn(-c2cccc(F)c2)c1. The van der Waals surface area contributed by atoms with E-state index in [1.54, 1.807) is 23.0 Å². The van der Waals surface area contributed by atoms with Gasteiger partial charge in [-0.05, 0) is 38.5 Å². The summed E-state index contributed by atoms with van der Waals surface area (Å²) in [4.78, 5) is 14.5. The van der Waals surface area contributed by atoms with Crippen LogP contribution in [0.25, 0.3) is 5.69 Å². The number of carbonyl (C=O) groups excluding carboxylic acids is 1. The maximum Gasteiger partial charge on any atom is 0.237 e. The zero-order chi connectivity index (χ0) is 18.0. The van der Waals surface area contributed by atoms with Gasteiger partial charge in [0.05, 0.1) is 17.9 Å². The second kappa shape index (κ2) is 7.33. The molecule has 2 unspecified atom stereocenters. The molecule has 7 heteroatoms. The van der Waals surface area contributed by atoms with E-state index in [1.807, 2.05) is 20.0 Å². The van der Waals surface area contributed by atoms with Crippen molar-refractivity contribution in [3.63, 3.8) is 0 Å². The third-order valence-corrected chi connectivity index (χ3v) is 4.26. The lowest BCUT2D eigenvalue weighted by Gasteiger charge is -2.23. The van der Waals surface area contributed by atoms with Crippen LogP contribution in [0, 0.1) is 5.82 Å². The number of benzene rings is 1. The number of rotatable bonds is 5. The maximum absolute atomic E-state index is 13.4. The number of aromatic nitrogens is 2. The van der Waals surface area contributed by atoms with Gasteiger partial charge in [0.25, 0.3) is 0 Å². The number of hydrogen-bond acceptors (Lipinski definition) is 4. The highest BCUT2D eigenvalue weighted by Crippen LogP contribution is 2.20. The summed E-state index contributed by atoms with van der Waals surface area (Å²) >= 11 is 0. The number of halogens is 1. The highest BCUT2D eigenvalue weighted by Gasteiger charge is 2.35. The molecule has 1 saturated heterocycles. The minimum atomic E-state index is -0.300. The van der Waals surface area contributed by atoms with Crippen LogP contribution in [0.15, 0.2) is 36.7 Å². The van der Waals surface area contributed by atoms with Crippen LogP contribution in [0.2, 0.25) is 0 Å². The number of likely N-dealkylation sites (tertiary alicyclic amines) is 1. The number of nitrogens with two attached hydrogens (primary N) is 1. The van der Waals surface area contributed by atoms with Gasteiger partial charge in [0, 0.05) is 36.9 Å². The Kier molecular flexibility index (Phi) is 5.15. The predicted molar refractivity (Wildman–Crippen MR) is 93.6 cm³/mol. The largest absolute Gasteiger partial charge is 0.353 e. The third-order valence-electron chi connectivity index (χ3n) is 4.26. The molecule has 2 heterocycles. The predicted octanol–water partition coefficient (Wildman–Crippen LogP) is 1.44. The van der Waals surface area contributed by atoms with Gasteiger partial charge in [-0.2, -0.15) is 5.10 Å². The van der Waals surface area contributed by atoms with Crippen molar-refractivity contribution in [2.75, 3.05) is 6.54 Å². The van der Waals surface area contributed by atoms with E-state index in [1.165, 1.54) is 12.1 Å². The Hall–Kier alpha value is -2.25. The van der Waals surface area contributed by atoms with E-state index in [9.17, 15) is 9.18 Å². The molecule has 25 heavy (non-hydrogen) atoms. The van der Waals surface area contributed by atoms with Crippen molar-refractivity contribution in [3.05, 3.63) is 48.0 Å². The normalized spacial score (nSPS) is 21.0. The summed E-state index contributed by atoms with van der Waals surface area (Å²) in [6.07, 6.45) is 4.25. The monoisotopic (exact) mass is 345 g/mol. The van der Waals surface area contributed by atoms with Gasteiger partial charge >= 0.3 is 0 Å². The van der Waals surface area contributed by atoms with Gasteiger partial charge in [-0.1, -0.05) is 6.07 Å². The smallest absolute Gasteiger partial charge is 0.237 e. The molecule has 134 valence electrons. The van der Waals surface area contributed by atoms with Crippen LogP contribution < -0.4 is 11.1 Å². The summed E-state index contributed by atoms with van der Waals surface area (Å²) in [5, 5.41) is 7.26. The third kappa shape index (κ3) is 4.24. The molecule has 1 amide bonds. The number of nitrogens with zero attached hydrogens (tertiary/aromatic N) is 3.